The van der Waals surface area contributed by atoms with Crippen LogP contribution in [0, 0.1) is 6.92 Å². The van der Waals surface area contributed by atoms with Crippen LogP contribution in [0.15, 0.2) is 22.6 Å². The summed E-state index contributed by atoms with van der Waals surface area (Å²) in [5.41, 5.74) is 2.27. The summed E-state index contributed by atoms with van der Waals surface area (Å²) >= 11 is 0. The topological polar surface area (TPSA) is 22.4 Å². The minimum absolute atomic E-state index is 0.889. The van der Waals surface area contributed by atoms with Crippen LogP contribution >= 0.6 is 0 Å². The number of ether oxygens (including phenoxy) is 1. The summed E-state index contributed by atoms with van der Waals surface area (Å²) in [4.78, 5) is 0. The number of benzene rings is 1. The normalized spacial score (nSPS) is 10.9. The summed E-state index contributed by atoms with van der Waals surface area (Å²) in [6.45, 7) is 4.20. The highest BCUT2D eigenvalue weighted by Crippen LogP contribution is 2.29. The molecule has 0 saturated heterocycles. The minimum atomic E-state index is 0.889. The van der Waals surface area contributed by atoms with E-state index in [-0.39, 0.29) is 0 Å². The molecule has 0 spiro atoms. The number of furan rings is 1. The maximum absolute atomic E-state index is 5.70. The Morgan fingerprint density at radius 2 is 2.13 bits per heavy atom. The lowest BCUT2D eigenvalue weighted by molar-refractivity contribution is 0.415. The third-order valence-electron chi connectivity index (χ3n) is 2.70. The molecule has 0 N–H and O–H groups in total. The summed E-state index contributed by atoms with van der Waals surface area (Å²) in [7, 11) is 1.69. The molecule has 0 aliphatic heterocycles. The van der Waals surface area contributed by atoms with Gasteiger partial charge in [-0.1, -0.05) is 13.3 Å². The smallest absolute Gasteiger partial charge is 0.134 e. The first-order valence-electron chi connectivity index (χ1n) is 5.32. The second kappa shape index (κ2) is 3.97. The number of hydrogen-bond acceptors (Lipinski definition) is 2. The molecule has 1 aromatic heterocycles. The van der Waals surface area contributed by atoms with Gasteiger partial charge in [0, 0.05) is 10.9 Å². The maximum atomic E-state index is 5.70. The summed E-state index contributed by atoms with van der Waals surface area (Å²) in [5.74, 6) is 1.92. The van der Waals surface area contributed by atoms with Crippen molar-refractivity contribution < 1.29 is 9.15 Å². The molecule has 0 bridgehead atoms. The van der Waals surface area contributed by atoms with Crippen molar-refractivity contribution in [2.45, 2.75) is 26.7 Å². The third kappa shape index (κ3) is 1.72. The molecular weight excluding hydrogens is 188 g/mol. The van der Waals surface area contributed by atoms with Gasteiger partial charge in [0.15, 0.2) is 0 Å². The fourth-order valence-corrected chi connectivity index (χ4v) is 1.94. The zero-order valence-electron chi connectivity index (χ0n) is 9.46. The van der Waals surface area contributed by atoms with E-state index >= 15 is 0 Å². The fourth-order valence-electron chi connectivity index (χ4n) is 1.94. The molecule has 2 aromatic rings. The Kier molecular flexibility index (Phi) is 2.67. The van der Waals surface area contributed by atoms with Gasteiger partial charge >= 0.3 is 0 Å². The molecule has 2 heteroatoms. The van der Waals surface area contributed by atoms with Crippen LogP contribution in [-0.2, 0) is 6.42 Å². The number of methoxy groups -OCH3 is 1. The average molecular weight is 204 g/mol. The lowest BCUT2D eigenvalue weighted by Gasteiger charge is -2.00. The largest absolute Gasteiger partial charge is 0.497 e. The lowest BCUT2D eigenvalue weighted by Crippen LogP contribution is -1.85. The average Bonchev–Trinajstić information content (AvgIpc) is 2.55. The standard InChI is InChI=1S/C13H16O2/c1-4-5-11-9(2)15-13-7-6-10(14-3)8-12(11)13/h6-8H,4-5H2,1-3H3. The van der Waals surface area contributed by atoms with Gasteiger partial charge in [0.05, 0.1) is 7.11 Å². The van der Waals surface area contributed by atoms with E-state index in [1.165, 1.54) is 10.9 Å². The van der Waals surface area contributed by atoms with E-state index in [9.17, 15) is 0 Å². The van der Waals surface area contributed by atoms with Gasteiger partial charge in [-0.2, -0.15) is 0 Å². The molecule has 0 saturated carbocycles. The Morgan fingerprint density at radius 3 is 2.80 bits per heavy atom. The van der Waals surface area contributed by atoms with Crippen molar-refractivity contribution in [3.05, 3.63) is 29.5 Å². The van der Waals surface area contributed by atoms with E-state index in [0.717, 1.165) is 29.9 Å². The fraction of sp³-hybridized carbons (Fsp3) is 0.385. The molecular formula is C13H16O2. The summed E-state index contributed by atoms with van der Waals surface area (Å²) < 4.78 is 10.9. The van der Waals surface area contributed by atoms with E-state index in [1.807, 2.05) is 19.1 Å². The van der Waals surface area contributed by atoms with Crippen LogP contribution in [0.25, 0.3) is 11.0 Å². The van der Waals surface area contributed by atoms with Crippen molar-refractivity contribution in [1.29, 1.82) is 0 Å². The van der Waals surface area contributed by atoms with Gasteiger partial charge in [0.25, 0.3) is 0 Å². The molecule has 1 aromatic carbocycles. The summed E-state index contributed by atoms with van der Waals surface area (Å²) in [6, 6.07) is 5.96. The zero-order valence-corrected chi connectivity index (χ0v) is 9.46. The van der Waals surface area contributed by atoms with E-state index in [2.05, 4.69) is 13.0 Å². The zero-order chi connectivity index (χ0) is 10.8. The molecule has 0 fully saturated rings. The first-order valence-corrected chi connectivity index (χ1v) is 5.32. The second-order valence-corrected chi connectivity index (χ2v) is 3.75. The molecule has 1 heterocycles. The van der Waals surface area contributed by atoms with E-state index in [0.29, 0.717) is 0 Å². The van der Waals surface area contributed by atoms with Gasteiger partial charge in [-0.25, -0.2) is 0 Å². The monoisotopic (exact) mass is 204 g/mol. The van der Waals surface area contributed by atoms with Crippen LogP contribution in [0.3, 0.4) is 0 Å². The lowest BCUT2D eigenvalue weighted by atomic mass is 10.1. The molecule has 80 valence electrons. The van der Waals surface area contributed by atoms with Crippen molar-refractivity contribution in [2.75, 3.05) is 7.11 Å². The van der Waals surface area contributed by atoms with Crippen molar-refractivity contribution >= 4 is 11.0 Å². The summed E-state index contributed by atoms with van der Waals surface area (Å²) in [5, 5.41) is 1.19. The van der Waals surface area contributed by atoms with Crippen molar-refractivity contribution in [3.63, 3.8) is 0 Å². The number of rotatable bonds is 3. The van der Waals surface area contributed by atoms with Gasteiger partial charge in [-0.05, 0) is 31.5 Å². The van der Waals surface area contributed by atoms with Gasteiger partial charge in [0.2, 0.25) is 0 Å². The van der Waals surface area contributed by atoms with Crippen LogP contribution < -0.4 is 4.74 Å². The Balaban J connectivity index is 2.61. The van der Waals surface area contributed by atoms with Crippen LogP contribution in [0.1, 0.15) is 24.7 Å². The quantitative estimate of drug-likeness (QED) is 0.760. The Morgan fingerprint density at radius 1 is 1.33 bits per heavy atom. The molecule has 0 unspecified atom stereocenters. The molecule has 0 atom stereocenters. The first-order chi connectivity index (χ1) is 7.26. The Hall–Kier alpha value is -1.44. The van der Waals surface area contributed by atoms with Gasteiger partial charge in [-0.3, -0.25) is 0 Å². The van der Waals surface area contributed by atoms with Crippen LogP contribution in [0.4, 0.5) is 0 Å². The maximum Gasteiger partial charge on any atom is 0.134 e. The molecule has 2 rings (SSSR count). The van der Waals surface area contributed by atoms with Gasteiger partial charge in [-0.15, -0.1) is 0 Å². The number of fused-ring (bicyclic) bond motifs is 1. The number of aryl methyl sites for hydroxylation is 2. The van der Waals surface area contributed by atoms with E-state index in [4.69, 9.17) is 9.15 Å². The highest BCUT2D eigenvalue weighted by Gasteiger charge is 2.10. The van der Waals surface area contributed by atoms with Crippen LogP contribution in [-0.4, -0.2) is 7.11 Å². The van der Waals surface area contributed by atoms with Gasteiger partial charge < -0.3 is 9.15 Å². The molecule has 0 radical (unpaired) electrons. The van der Waals surface area contributed by atoms with Crippen LogP contribution in [0.5, 0.6) is 5.75 Å². The predicted octanol–water partition coefficient (Wildman–Crippen LogP) is 3.70. The third-order valence-corrected chi connectivity index (χ3v) is 2.70. The predicted molar refractivity (Wildman–Crippen MR) is 61.5 cm³/mol. The van der Waals surface area contributed by atoms with Gasteiger partial charge in [0.1, 0.15) is 17.1 Å². The highest BCUT2D eigenvalue weighted by atomic mass is 16.5. The molecule has 0 amide bonds. The summed E-state index contributed by atoms with van der Waals surface area (Å²) in [6.07, 6.45) is 2.19. The Labute approximate surface area is 89.8 Å². The molecule has 0 aliphatic carbocycles. The van der Waals surface area contributed by atoms with E-state index < -0.39 is 0 Å². The van der Waals surface area contributed by atoms with E-state index in [1.54, 1.807) is 7.11 Å². The number of hydrogen-bond donors (Lipinski definition) is 0. The highest BCUT2D eigenvalue weighted by molar-refractivity contribution is 5.83. The van der Waals surface area contributed by atoms with Crippen molar-refractivity contribution in [1.82, 2.24) is 0 Å². The second-order valence-electron chi connectivity index (χ2n) is 3.75. The molecule has 0 aliphatic rings. The minimum Gasteiger partial charge on any atom is -0.497 e. The van der Waals surface area contributed by atoms with Crippen molar-refractivity contribution in [3.8, 4) is 5.75 Å². The van der Waals surface area contributed by atoms with Crippen molar-refractivity contribution in [2.24, 2.45) is 0 Å². The Bertz CT molecular complexity index is 469. The molecule has 2 nitrogen and oxygen atoms in total. The molecule has 15 heavy (non-hydrogen) atoms. The SMILES string of the molecule is CCCc1c(C)oc2ccc(OC)cc12. The van der Waals surface area contributed by atoms with Crippen LogP contribution in [0.2, 0.25) is 0 Å². The first kappa shape index (κ1) is 10.1.